The van der Waals surface area contributed by atoms with Gasteiger partial charge in [-0.3, -0.25) is 4.90 Å². The van der Waals surface area contributed by atoms with Crippen molar-refractivity contribution in [2.75, 3.05) is 6.54 Å². The van der Waals surface area contributed by atoms with E-state index in [1.807, 2.05) is 24.3 Å². The lowest BCUT2D eigenvalue weighted by molar-refractivity contribution is 0.103. The van der Waals surface area contributed by atoms with Gasteiger partial charge in [0.2, 0.25) is 0 Å². The summed E-state index contributed by atoms with van der Waals surface area (Å²) in [6.07, 6.45) is 5.35. The quantitative estimate of drug-likeness (QED) is 0.800. The summed E-state index contributed by atoms with van der Waals surface area (Å²) in [6.45, 7) is 3.67. The first-order valence-corrected chi connectivity index (χ1v) is 9.11. The minimum Gasteiger partial charge on any atom is -0.298 e. The highest BCUT2D eigenvalue weighted by Gasteiger charge is 2.37. The smallest absolute Gasteiger partial charge is 0.0998 e. The van der Waals surface area contributed by atoms with Crippen LogP contribution in [0.25, 0.3) is 11.1 Å². The van der Waals surface area contributed by atoms with Crippen molar-refractivity contribution in [1.82, 2.24) is 4.90 Å². The lowest BCUT2D eigenvalue weighted by Gasteiger charge is -2.43. The molecule has 122 valence electrons. The molecule has 4 rings (SSSR count). The van der Waals surface area contributed by atoms with E-state index in [1.165, 1.54) is 37.8 Å². The maximum absolute atomic E-state index is 9.27. The topological polar surface area (TPSA) is 27.0 Å². The van der Waals surface area contributed by atoms with Gasteiger partial charge in [0.25, 0.3) is 0 Å². The van der Waals surface area contributed by atoms with Crippen LogP contribution in [0.3, 0.4) is 0 Å². The van der Waals surface area contributed by atoms with E-state index in [0.717, 1.165) is 28.8 Å². The van der Waals surface area contributed by atoms with Crippen molar-refractivity contribution in [3.05, 3.63) is 59.7 Å². The Morgan fingerprint density at radius 3 is 2.46 bits per heavy atom. The van der Waals surface area contributed by atoms with Crippen LogP contribution in [0, 0.1) is 11.3 Å². The van der Waals surface area contributed by atoms with Crippen molar-refractivity contribution in [2.24, 2.45) is 0 Å². The van der Waals surface area contributed by atoms with Crippen molar-refractivity contribution in [3.8, 4) is 17.2 Å². The molecule has 1 saturated carbocycles. The van der Waals surface area contributed by atoms with Gasteiger partial charge in [-0.05, 0) is 67.8 Å². The Bertz CT molecular complexity index is 750. The van der Waals surface area contributed by atoms with Crippen LogP contribution in [0.4, 0.5) is 0 Å². The van der Waals surface area contributed by atoms with Gasteiger partial charge in [-0.15, -0.1) is 0 Å². The molecule has 1 heterocycles. The van der Waals surface area contributed by atoms with Gasteiger partial charge in [0.15, 0.2) is 0 Å². The normalized spacial score (nSPS) is 26.8. The van der Waals surface area contributed by atoms with Crippen molar-refractivity contribution < 1.29 is 0 Å². The van der Waals surface area contributed by atoms with Crippen LogP contribution in [0.15, 0.2) is 48.5 Å². The van der Waals surface area contributed by atoms with E-state index >= 15 is 0 Å². The number of rotatable bonds is 3. The molecule has 1 saturated heterocycles. The minimum absolute atomic E-state index is 0.711. The van der Waals surface area contributed by atoms with E-state index in [2.05, 4.69) is 42.2 Å². The van der Waals surface area contributed by atoms with E-state index in [-0.39, 0.29) is 0 Å². The van der Waals surface area contributed by atoms with Crippen LogP contribution in [-0.4, -0.2) is 23.5 Å². The first kappa shape index (κ1) is 15.4. The summed E-state index contributed by atoms with van der Waals surface area (Å²) in [5, 5.41) is 9.27. The average Bonchev–Trinajstić information content (AvgIpc) is 3.00. The fraction of sp³-hybridized carbons (Fsp3) is 0.409. The largest absolute Gasteiger partial charge is 0.298 e. The van der Waals surface area contributed by atoms with Crippen LogP contribution >= 0.6 is 0 Å². The molecule has 0 radical (unpaired) electrons. The van der Waals surface area contributed by atoms with Crippen molar-refractivity contribution in [2.45, 2.75) is 50.6 Å². The summed E-state index contributed by atoms with van der Waals surface area (Å²) in [4.78, 5) is 2.72. The molecule has 1 aliphatic carbocycles. The standard InChI is InChI=1S/C22H24N2/c1-16-5-4-12-24(16)21-13-20(14-21)17-8-10-18(11-9-17)22-7-3-2-6-19(22)15-23/h2-3,6-11,16,20-21H,4-5,12-14H2,1H3/t16-,20?,21?/m1/s1. The summed E-state index contributed by atoms with van der Waals surface area (Å²) >= 11 is 0. The molecular weight excluding hydrogens is 292 g/mol. The monoisotopic (exact) mass is 316 g/mol. The molecule has 2 fully saturated rings. The highest BCUT2D eigenvalue weighted by molar-refractivity contribution is 5.70. The second-order valence-corrected chi connectivity index (χ2v) is 7.33. The number of hydrogen-bond donors (Lipinski definition) is 0. The highest BCUT2D eigenvalue weighted by atomic mass is 15.2. The van der Waals surface area contributed by atoms with Crippen molar-refractivity contribution in [3.63, 3.8) is 0 Å². The van der Waals surface area contributed by atoms with Gasteiger partial charge in [-0.2, -0.15) is 5.26 Å². The first-order chi connectivity index (χ1) is 11.8. The van der Waals surface area contributed by atoms with Gasteiger partial charge in [0.1, 0.15) is 0 Å². The molecule has 2 aromatic rings. The molecule has 2 nitrogen and oxygen atoms in total. The van der Waals surface area contributed by atoms with Crippen LogP contribution in [-0.2, 0) is 0 Å². The molecule has 1 atom stereocenters. The third-order valence-electron chi connectivity index (χ3n) is 5.93. The molecule has 0 spiro atoms. The molecule has 0 N–H and O–H groups in total. The third kappa shape index (κ3) is 2.74. The van der Waals surface area contributed by atoms with Gasteiger partial charge >= 0.3 is 0 Å². The first-order valence-electron chi connectivity index (χ1n) is 9.11. The number of hydrogen-bond acceptors (Lipinski definition) is 2. The van der Waals surface area contributed by atoms with Gasteiger partial charge in [-0.25, -0.2) is 0 Å². The lowest BCUT2D eigenvalue weighted by atomic mass is 9.74. The Morgan fingerprint density at radius 1 is 1.04 bits per heavy atom. The SMILES string of the molecule is C[C@@H]1CCCN1C1CC(c2ccc(-c3ccccc3C#N)cc2)C1. The Hall–Kier alpha value is -2.11. The molecule has 0 unspecified atom stereocenters. The minimum atomic E-state index is 0.711. The summed E-state index contributed by atoms with van der Waals surface area (Å²) in [5.74, 6) is 0.711. The summed E-state index contributed by atoms with van der Waals surface area (Å²) in [7, 11) is 0. The average molecular weight is 316 g/mol. The third-order valence-corrected chi connectivity index (χ3v) is 5.93. The van der Waals surface area contributed by atoms with Crippen molar-refractivity contribution >= 4 is 0 Å². The zero-order chi connectivity index (χ0) is 16.5. The highest BCUT2D eigenvalue weighted by Crippen LogP contribution is 2.42. The lowest BCUT2D eigenvalue weighted by Crippen LogP contribution is -2.45. The van der Waals surface area contributed by atoms with Gasteiger partial charge in [0.05, 0.1) is 11.6 Å². The molecule has 2 aromatic carbocycles. The Labute approximate surface area is 144 Å². The Kier molecular flexibility index (Phi) is 4.12. The van der Waals surface area contributed by atoms with E-state index in [9.17, 15) is 5.26 Å². The second-order valence-electron chi connectivity index (χ2n) is 7.33. The molecule has 24 heavy (non-hydrogen) atoms. The molecular formula is C22H24N2. The molecule has 2 heteroatoms. The molecule has 0 aromatic heterocycles. The molecule has 2 aliphatic rings. The zero-order valence-corrected chi connectivity index (χ0v) is 14.3. The van der Waals surface area contributed by atoms with Crippen LogP contribution in [0.1, 0.15) is 49.7 Å². The number of benzene rings is 2. The van der Waals surface area contributed by atoms with E-state index < -0.39 is 0 Å². The molecule has 1 aliphatic heterocycles. The zero-order valence-electron chi connectivity index (χ0n) is 14.3. The predicted octanol–water partition coefficient (Wildman–Crippen LogP) is 4.96. The Morgan fingerprint density at radius 2 is 1.79 bits per heavy atom. The maximum Gasteiger partial charge on any atom is 0.0998 e. The van der Waals surface area contributed by atoms with E-state index in [0.29, 0.717) is 5.92 Å². The van der Waals surface area contributed by atoms with Crippen LogP contribution in [0.2, 0.25) is 0 Å². The fourth-order valence-electron chi connectivity index (χ4n) is 4.40. The van der Waals surface area contributed by atoms with E-state index in [1.54, 1.807) is 0 Å². The fourth-order valence-corrected chi connectivity index (χ4v) is 4.40. The predicted molar refractivity (Wildman–Crippen MR) is 97.8 cm³/mol. The van der Waals surface area contributed by atoms with Crippen LogP contribution < -0.4 is 0 Å². The van der Waals surface area contributed by atoms with Crippen LogP contribution in [0.5, 0.6) is 0 Å². The summed E-state index contributed by atoms with van der Waals surface area (Å²) in [6, 6.07) is 20.6. The summed E-state index contributed by atoms with van der Waals surface area (Å²) in [5.41, 5.74) is 4.37. The molecule has 0 amide bonds. The maximum atomic E-state index is 9.27. The Balaban J connectivity index is 1.45. The number of nitriles is 1. The summed E-state index contributed by atoms with van der Waals surface area (Å²) < 4.78 is 0. The van der Waals surface area contributed by atoms with Gasteiger partial charge in [-0.1, -0.05) is 42.5 Å². The number of likely N-dealkylation sites (tertiary alicyclic amines) is 1. The van der Waals surface area contributed by atoms with Gasteiger partial charge < -0.3 is 0 Å². The second kappa shape index (κ2) is 6.42. The molecule has 0 bridgehead atoms. The van der Waals surface area contributed by atoms with E-state index in [4.69, 9.17) is 0 Å². The van der Waals surface area contributed by atoms with Crippen molar-refractivity contribution in [1.29, 1.82) is 5.26 Å². The number of nitrogens with zero attached hydrogens (tertiary/aromatic N) is 2. The van der Waals surface area contributed by atoms with Gasteiger partial charge in [0, 0.05) is 12.1 Å².